The van der Waals surface area contributed by atoms with E-state index >= 15 is 0 Å². The first-order chi connectivity index (χ1) is 5.94. The quantitative estimate of drug-likeness (QED) is 0.463. The van der Waals surface area contributed by atoms with Crippen LogP contribution in [0.25, 0.3) is 0 Å². The molecule has 0 aliphatic carbocycles. The van der Waals surface area contributed by atoms with Crippen LogP contribution < -0.4 is 0 Å². The van der Waals surface area contributed by atoms with Crippen molar-refractivity contribution in [1.82, 2.24) is 0 Å². The van der Waals surface area contributed by atoms with Crippen LogP contribution >= 0.6 is 31.9 Å². The Morgan fingerprint density at radius 3 is 1.08 bits per heavy atom. The number of hydrogen-bond acceptors (Lipinski definition) is 0. The molecule has 0 aromatic carbocycles. The number of hydrogen-bond donors (Lipinski definition) is 0. The van der Waals surface area contributed by atoms with Crippen molar-refractivity contribution >= 4 is 31.9 Å². The third-order valence-electron chi connectivity index (χ3n) is 14.5. The zero-order chi connectivity index (χ0) is 7.94. The van der Waals surface area contributed by atoms with Crippen LogP contribution in [0.5, 0.6) is 0 Å². The molecule has 4 atom stereocenters. The molecule has 1 spiro atoms. The van der Waals surface area contributed by atoms with Crippen molar-refractivity contribution in [2.24, 2.45) is 0 Å². The first-order valence-corrected chi connectivity index (χ1v) is 21.4. The fourth-order valence-corrected chi connectivity index (χ4v) is 285. The van der Waals surface area contributed by atoms with Crippen molar-refractivity contribution in [3.05, 3.63) is 0 Å². The first-order valence-electron chi connectivity index (χ1n) is 5.53. The Kier molecular flexibility index (Phi) is 0.118. The van der Waals surface area contributed by atoms with Crippen molar-refractivity contribution in [2.45, 2.75) is 41.5 Å². The second-order valence-electron chi connectivity index (χ2n) is 9.57. The Balaban J connectivity index is 2.20. The second kappa shape index (κ2) is 0.316. The normalized spacial score (nSPS) is 158. The van der Waals surface area contributed by atoms with Crippen LogP contribution in [0, 0.1) is 0 Å². The molecule has 0 nitrogen and oxygen atoms in total. The standard InChI is InChI=1S/C5H3Br2.C5H5.Os/c6-4-2-1-3-5(4)7;1-2-4-5-3-1;/h1-3H;1-5H;. The topological polar surface area (TPSA) is 0 Å². The van der Waals surface area contributed by atoms with Gasteiger partial charge in [-0.25, -0.2) is 0 Å². The molecule has 0 radical (unpaired) electrons. The number of fused-ring (bicyclic) bond motifs is 10. The predicted molar refractivity (Wildman–Crippen MR) is 53.3 cm³/mol. The Morgan fingerprint density at radius 1 is 0.692 bits per heavy atom. The molecular formula is C10H8Br2Os. The average molecular weight is 478 g/mol. The van der Waals surface area contributed by atoms with E-state index in [0.29, 0.717) is 0 Å². The van der Waals surface area contributed by atoms with Crippen LogP contribution in [0.3, 0.4) is 0 Å². The monoisotopic (exact) mass is 478 g/mol. The average Bonchev–Trinajstić information content (AvgIpc) is 3.02. The summed E-state index contributed by atoms with van der Waals surface area (Å²) in [6.45, 7) is 0. The van der Waals surface area contributed by atoms with Crippen molar-refractivity contribution < 1.29 is 7.88 Å². The summed E-state index contributed by atoms with van der Waals surface area (Å²) >= 11 is 8.71. The Labute approximate surface area is 80.5 Å². The summed E-state index contributed by atoms with van der Waals surface area (Å²) in [4.78, 5) is 0. The van der Waals surface area contributed by atoms with E-state index in [1.807, 2.05) is 0 Å². The van der Waals surface area contributed by atoms with Gasteiger partial charge >= 0.3 is 81.3 Å². The van der Waals surface area contributed by atoms with Crippen LogP contribution in [0.1, 0.15) is 0 Å². The van der Waals surface area contributed by atoms with Crippen LogP contribution in [-0.2, 0) is 7.88 Å². The molecule has 13 heavy (non-hydrogen) atoms. The van der Waals surface area contributed by atoms with Gasteiger partial charge in [-0.05, 0) is 0 Å². The van der Waals surface area contributed by atoms with E-state index in [1.165, 1.54) is 35.8 Å². The Hall–Kier alpha value is 1.60. The van der Waals surface area contributed by atoms with Crippen molar-refractivity contribution in [3.8, 4) is 0 Å². The van der Waals surface area contributed by atoms with E-state index in [2.05, 4.69) is 31.9 Å². The summed E-state index contributed by atoms with van der Waals surface area (Å²) in [5.41, 5.74) is 0. The minimum atomic E-state index is -3.20. The van der Waals surface area contributed by atoms with E-state index in [9.17, 15) is 0 Å². The molecule has 0 N–H and O–H groups in total. The van der Waals surface area contributed by atoms with Gasteiger partial charge in [-0.3, -0.25) is 0 Å². The molecule has 10 fully saturated rings. The third-order valence-corrected chi connectivity index (χ3v) is 140. The van der Waals surface area contributed by atoms with Gasteiger partial charge in [0.1, 0.15) is 0 Å². The van der Waals surface area contributed by atoms with Gasteiger partial charge in [-0.15, -0.1) is 0 Å². The summed E-state index contributed by atoms with van der Waals surface area (Å²) in [5.74, 6) is 0. The van der Waals surface area contributed by atoms with Crippen molar-refractivity contribution in [3.63, 3.8) is 0 Å². The molecule has 10 saturated heterocycles. The molecule has 0 aromatic heterocycles. The second-order valence-corrected chi connectivity index (χ2v) is 69.0. The molecule has 0 amide bonds. The summed E-state index contributed by atoms with van der Waals surface area (Å²) < 4.78 is 13.3. The molecule has 70 valence electrons. The van der Waals surface area contributed by atoms with E-state index < -0.39 is 7.88 Å². The van der Waals surface area contributed by atoms with Gasteiger partial charge < -0.3 is 0 Å². The summed E-state index contributed by atoms with van der Waals surface area (Å²) in [6.07, 6.45) is 0. The molecule has 0 saturated carbocycles. The Morgan fingerprint density at radius 2 is 1.08 bits per heavy atom. The zero-order valence-electron chi connectivity index (χ0n) is 6.73. The summed E-state index contributed by atoms with van der Waals surface area (Å²) in [6, 6.07) is 0. The van der Waals surface area contributed by atoms with Crippen LogP contribution in [0.4, 0.5) is 0 Å². The van der Waals surface area contributed by atoms with Gasteiger partial charge in [0.15, 0.2) is 0 Å². The third kappa shape index (κ3) is 0.0350. The summed E-state index contributed by atoms with van der Waals surface area (Å²) in [7, 11) is -3.20. The van der Waals surface area contributed by atoms with E-state index in [0.717, 1.165) is 5.76 Å². The molecular weight excluding hydrogens is 470 g/mol. The van der Waals surface area contributed by atoms with Crippen molar-refractivity contribution in [1.29, 1.82) is 0 Å². The van der Waals surface area contributed by atoms with Crippen LogP contribution in [-0.4, -0.2) is 5.76 Å². The van der Waals surface area contributed by atoms with E-state index in [1.54, 1.807) is 0 Å². The van der Waals surface area contributed by atoms with Gasteiger partial charge in [0, 0.05) is 0 Å². The summed E-state index contributed by atoms with van der Waals surface area (Å²) in [5, 5.41) is 0. The molecule has 10 heterocycles. The Bertz CT molecular complexity index is 822. The first kappa shape index (κ1) is 4.85. The van der Waals surface area contributed by atoms with E-state index in [-0.39, 0.29) is 0 Å². The number of alkyl halides is 2. The maximum atomic E-state index is 4.35. The molecule has 0 aromatic rings. The van der Waals surface area contributed by atoms with Gasteiger partial charge in [-0.1, -0.05) is 0 Å². The van der Waals surface area contributed by atoms with Gasteiger partial charge in [0.25, 0.3) is 0 Å². The molecule has 10 aliphatic heterocycles. The molecule has 3 heteroatoms. The van der Waals surface area contributed by atoms with Gasteiger partial charge in [0.05, 0.1) is 0 Å². The molecule has 0 bridgehead atoms. The fraction of sp³-hybridized carbons (Fsp3) is 1.00. The minimum absolute atomic E-state index is 0.888. The zero-order valence-corrected chi connectivity index (χ0v) is 12.4. The molecule has 10 rings (SSSR count). The van der Waals surface area contributed by atoms with Crippen LogP contribution in [0.2, 0.25) is 35.8 Å². The SMILES string of the molecule is Br[C]12[CH]3[CH]4[CH]5[C]1(Br)[Os]43521678[CH]2[CH]1[CH]6[CH]7[CH]28. The molecule has 10 aliphatic rings. The fourth-order valence-electron chi connectivity index (χ4n) is 15.9. The number of rotatable bonds is 0. The van der Waals surface area contributed by atoms with Gasteiger partial charge in [-0.2, -0.15) is 0 Å². The molecule has 4 unspecified atom stereocenters. The van der Waals surface area contributed by atoms with E-state index in [4.69, 9.17) is 0 Å². The van der Waals surface area contributed by atoms with Crippen LogP contribution in [0.15, 0.2) is 0 Å². The number of halogens is 2. The predicted octanol–water partition coefficient (Wildman–Crippen LogP) is 3.98. The van der Waals surface area contributed by atoms with Gasteiger partial charge in [0.2, 0.25) is 0 Å². The maximum absolute atomic E-state index is 4.35. The van der Waals surface area contributed by atoms with Crippen molar-refractivity contribution in [2.75, 3.05) is 0 Å².